The molecule has 1 atom stereocenters. The molecule has 0 bridgehead atoms. The van der Waals surface area contributed by atoms with Gasteiger partial charge in [0.1, 0.15) is 6.07 Å². The quantitative estimate of drug-likeness (QED) is 0.727. The molecule has 2 nitrogen and oxygen atoms in total. The minimum Gasteiger partial charge on any atom is -0.294 e. The van der Waals surface area contributed by atoms with Crippen molar-refractivity contribution in [3.05, 3.63) is 11.1 Å². The molecule has 1 fully saturated rings. The summed E-state index contributed by atoms with van der Waals surface area (Å²) in [5, 5.41) is 8.49. The number of halogens is 2. The molecule has 1 saturated heterocycles. The van der Waals surface area contributed by atoms with Crippen LogP contribution in [-0.4, -0.2) is 30.2 Å². The number of hydrogen-bond donors (Lipinski definition) is 0. The van der Waals surface area contributed by atoms with Gasteiger partial charge in [0.15, 0.2) is 0 Å². The van der Waals surface area contributed by atoms with E-state index < -0.39 is 5.67 Å². The number of nitriles is 1. The van der Waals surface area contributed by atoms with Crippen LogP contribution in [0.15, 0.2) is 11.1 Å². The average Bonchev–Trinajstić information content (AvgIpc) is 2.32. The van der Waals surface area contributed by atoms with E-state index in [2.05, 4.69) is 22.5 Å². The molecule has 0 aromatic heterocycles. The summed E-state index contributed by atoms with van der Waals surface area (Å²) in [5.41, 5.74) is -1.64. The lowest BCUT2D eigenvalue weighted by Crippen LogP contribution is -2.28. The van der Waals surface area contributed by atoms with Gasteiger partial charge >= 0.3 is 0 Å². The summed E-state index contributed by atoms with van der Waals surface area (Å²) in [5.74, 6) is 0. The Hall–Kier alpha value is -0.400. The summed E-state index contributed by atoms with van der Waals surface area (Å²) in [6, 6.07) is 1.69. The second-order valence-electron chi connectivity index (χ2n) is 3.06. The van der Waals surface area contributed by atoms with Crippen LogP contribution in [-0.2, 0) is 0 Å². The Bertz CT molecular complexity index is 236. The highest BCUT2D eigenvalue weighted by atomic mass is 79.9. The number of hydrogen-bond acceptors (Lipinski definition) is 2. The molecule has 0 radical (unpaired) electrons. The maximum absolute atomic E-state index is 13.3. The van der Waals surface area contributed by atoms with Gasteiger partial charge in [-0.3, -0.25) is 4.90 Å². The standard InChI is InChI=1S/C8H10BrFN2/c1-7(9)4-12-3-2-8(10,5-11)6-12/h1-4,6H2. The number of nitrogens with zero attached hydrogens (tertiary/aromatic N) is 2. The number of rotatable bonds is 2. The van der Waals surface area contributed by atoms with Crippen molar-refractivity contribution in [2.75, 3.05) is 19.6 Å². The fourth-order valence-corrected chi connectivity index (χ4v) is 1.67. The van der Waals surface area contributed by atoms with Gasteiger partial charge in [0.2, 0.25) is 5.67 Å². The molecule has 1 aliphatic rings. The van der Waals surface area contributed by atoms with Gasteiger partial charge in [-0.2, -0.15) is 5.26 Å². The van der Waals surface area contributed by atoms with Gasteiger partial charge in [-0.15, -0.1) is 0 Å². The Kier molecular flexibility index (Phi) is 2.86. The van der Waals surface area contributed by atoms with Crippen LogP contribution in [0.4, 0.5) is 4.39 Å². The molecular formula is C8H10BrFN2. The van der Waals surface area contributed by atoms with Gasteiger partial charge in [0, 0.05) is 30.5 Å². The van der Waals surface area contributed by atoms with E-state index in [9.17, 15) is 4.39 Å². The smallest absolute Gasteiger partial charge is 0.209 e. The lowest BCUT2D eigenvalue weighted by atomic mass is 10.1. The highest BCUT2D eigenvalue weighted by Gasteiger charge is 2.38. The summed E-state index contributed by atoms with van der Waals surface area (Å²) in [7, 11) is 0. The number of likely N-dealkylation sites (tertiary alicyclic amines) is 1. The lowest BCUT2D eigenvalue weighted by molar-refractivity contribution is 0.236. The van der Waals surface area contributed by atoms with E-state index in [1.807, 2.05) is 4.90 Å². The Morgan fingerprint density at radius 1 is 1.83 bits per heavy atom. The molecule has 0 aromatic rings. The Labute approximate surface area is 79.8 Å². The molecule has 1 rings (SSSR count). The van der Waals surface area contributed by atoms with E-state index in [1.54, 1.807) is 6.07 Å². The predicted molar refractivity (Wildman–Crippen MR) is 48.6 cm³/mol. The predicted octanol–water partition coefficient (Wildman–Crippen LogP) is 1.83. The minimum atomic E-state index is -1.64. The van der Waals surface area contributed by atoms with E-state index in [-0.39, 0.29) is 6.54 Å². The summed E-state index contributed by atoms with van der Waals surface area (Å²) in [6.45, 7) is 5.12. The van der Waals surface area contributed by atoms with Crippen molar-refractivity contribution in [1.82, 2.24) is 4.90 Å². The Balaban J connectivity index is 2.47. The third kappa shape index (κ3) is 2.29. The van der Waals surface area contributed by atoms with Crippen molar-refractivity contribution in [3.63, 3.8) is 0 Å². The fraction of sp³-hybridized carbons (Fsp3) is 0.625. The topological polar surface area (TPSA) is 27.0 Å². The molecule has 1 unspecified atom stereocenters. The van der Waals surface area contributed by atoms with E-state index in [1.165, 1.54) is 0 Å². The molecule has 0 saturated carbocycles. The van der Waals surface area contributed by atoms with Crippen LogP contribution in [0.5, 0.6) is 0 Å². The maximum Gasteiger partial charge on any atom is 0.209 e. The lowest BCUT2D eigenvalue weighted by Gasteiger charge is -2.14. The van der Waals surface area contributed by atoms with Crippen LogP contribution >= 0.6 is 15.9 Å². The SMILES string of the molecule is C=C(Br)CN1CCC(F)(C#N)C1. The first-order chi connectivity index (χ1) is 5.56. The van der Waals surface area contributed by atoms with Gasteiger partial charge in [0.25, 0.3) is 0 Å². The average molecular weight is 233 g/mol. The first-order valence-electron chi connectivity index (χ1n) is 3.71. The summed E-state index contributed by atoms with van der Waals surface area (Å²) in [4.78, 5) is 1.88. The Morgan fingerprint density at radius 2 is 2.50 bits per heavy atom. The molecule has 66 valence electrons. The molecule has 0 spiro atoms. The highest BCUT2D eigenvalue weighted by Crippen LogP contribution is 2.25. The minimum absolute atomic E-state index is 0.202. The zero-order valence-electron chi connectivity index (χ0n) is 6.69. The summed E-state index contributed by atoms with van der Waals surface area (Å²) >= 11 is 3.20. The Morgan fingerprint density at radius 3 is 2.92 bits per heavy atom. The monoisotopic (exact) mass is 232 g/mol. The molecular weight excluding hydrogens is 223 g/mol. The van der Waals surface area contributed by atoms with E-state index in [0.29, 0.717) is 19.5 Å². The normalized spacial score (nSPS) is 30.1. The van der Waals surface area contributed by atoms with Crippen LogP contribution in [0.1, 0.15) is 6.42 Å². The van der Waals surface area contributed by atoms with Crippen LogP contribution in [0.2, 0.25) is 0 Å². The van der Waals surface area contributed by atoms with Gasteiger partial charge < -0.3 is 0 Å². The van der Waals surface area contributed by atoms with Crippen molar-refractivity contribution in [2.45, 2.75) is 12.1 Å². The molecule has 0 aliphatic carbocycles. The molecule has 1 heterocycles. The molecule has 1 aliphatic heterocycles. The number of alkyl halides is 1. The molecule has 0 N–H and O–H groups in total. The van der Waals surface area contributed by atoms with E-state index in [0.717, 1.165) is 4.48 Å². The molecule has 4 heteroatoms. The molecule has 0 aromatic carbocycles. The second-order valence-corrected chi connectivity index (χ2v) is 4.18. The largest absolute Gasteiger partial charge is 0.294 e. The van der Waals surface area contributed by atoms with Gasteiger partial charge in [-0.1, -0.05) is 22.5 Å². The van der Waals surface area contributed by atoms with Crippen molar-refractivity contribution in [1.29, 1.82) is 5.26 Å². The van der Waals surface area contributed by atoms with Crippen molar-refractivity contribution < 1.29 is 4.39 Å². The van der Waals surface area contributed by atoms with Crippen molar-refractivity contribution in [2.24, 2.45) is 0 Å². The second kappa shape index (κ2) is 3.55. The fourth-order valence-electron chi connectivity index (χ4n) is 1.32. The van der Waals surface area contributed by atoms with Crippen molar-refractivity contribution >= 4 is 15.9 Å². The van der Waals surface area contributed by atoms with Crippen LogP contribution in [0.25, 0.3) is 0 Å². The summed E-state index contributed by atoms with van der Waals surface area (Å²) < 4.78 is 14.1. The van der Waals surface area contributed by atoms with Gasteiger partial charge in [0.05, 0.1) is 0 Å². The van der Waals surface area contributed by atoms with Crippen molar-refractivity contribution in [3.8, 4) is 6.07 Å². The van der Waals surface area contributed by atoms with Crippen LogP contribution in [0.3, 0.4) is 0 Å². The third-order valence-electron chi connectivity index (χ3n) is 1.89. The van der Waals surface area contributed by atoms with Gasteiger partial charge in [-0.05, 0) is 0 Å². The van der Waals surface area contributed by atoms with Crippen LogP contribution in [0, 0.1) is 11.3 Å². The van der Waals surface area contributed by atoms with Crippen LogP contribution < -0.4 is 0 Å². The summed E-state index contributed by atoms with van der Waals surface area (Å²) in [6.07, 6.45) is 0.309. The first kappa shape index (κ1) is 9.69. The molecule has 12 heavy (non-hydrogen) atoms. The van der Waals surface area contributed by atoms with Gasteiger partial charge in [-0.25, -0.2) is 4.39 Å². The zero-order valence-corrected chi connectivity index (χ0v) is 8.27. The highest BCUT2D eigenvalue weighted by molar-refractivity contribution is 9.11. The molecule has 0 amide bonds. The first-order valence-corrected chi connectivity index (χ1v) is 4.51. The maximum atomic E-state index is 13.3. The van der Waals surface area contributed by atoms with E-state index >= 15 is 0 Å². The zero-order chi connectivity index (χ0) is 9.19. The van der Waals surface area contributed by atoms with E-state index in [4.69, 9.17) is 5.26 Å². The third-order valence-corrected chi connectivity index (χ3v) is 2.14.